The molecule has 5 rings (SSSR count). The summed E-state index contributed by atoms with van der Waals surface area (Å²) < 4.78 is 13.4. The molecule has 0 atom stereocenters. The molecule has 5 heteroatoms. The number of rotatable bonds is 3. The van der Waals surface area contributed by atoms with E-state index in [4.69, 9.17) is 16.6 Å². The molecule has 2 fully saturated rings. The van der Waals surface area contributed by atoms with Crippen LogP contribution in [-0.2, 0) is 0 Å². The Morgan fingerprint density at radius 3 is 2.50 bits per heavy atom. The Morgan fingerprint density at radius 1 is 1.03 bits per heavy atom. The van der Waals surface area contributed by atoms with Crippen molar-refractivity contribution in [1.82, 2.24) is 10.3 Å². The third kappa shape index (κ3) is 3.81. The molecule has 30 heavy (non-hydrogen) atoms. The van der Waals surface area contributed by atoms with Gasteiger partial charge in [-0.05, 0) is 92.5 Å². The monoisotopic (exact) mass is 422 g/mol. The fraction of sp³-hybridized carbons (Fsp3) is 0.360. The first kappa shape index (κ1) is 19.5. The van der Waals surface area contributed by atoms with Gasteiger partial charge in [0.2, 0.25) is 0 Å². The zero-order chi connectivity index (χ0) is 20.7. The Morgan fingerprint density at radius 2 is 1.77 bits per heavy atom. The van der Waals surface area contributed by atoms with Crippen LogP contribution < -0.4 is 5.32 Å². The second-order valence-corrected chi connectivity index (χ2v) is 9.37. The number of nitrogens with one attached hydrogen (secondary N) is 1. The highest BCUT2D eigenvalue weighted by Gasteiger charge is 2.46. The highest BCUT2D eigenvalue weighted by Crippen LogP contribution is 2.54. The van der Waals surface area contributed by atoms with Crippen molar-refractivity contribution in [3.05, 3.63) is 76.7 Å². The molecule has 2 aliphatic carbocycles. The van der Waals surface area contributed by atoms with Crippen molar-refractivity contribution in [2.24, 2.45) is 5.41 Å². The minimum absolute atomic E-state index is 0.0167. The van der Waals surface area contributed by atoms with Crippen LogP contribution in [0.25, 0.3) is 10.9 Å². The standard InChI is InChI=1S/C25H24ClFN2O/c26-19-4-1-17(2-5-19)24(30)28-21-14-25(15-21)11-9-16(10-12-25)22-7-3-18-13-20(27)6-8-23(18)29-22/h1-8,13,16,21H,9-12,14-15H2,(H,28,30). The SMILES string of the molecule is O=C(NC1CC2(CCC(c3ccc4cc(F)ccc4n3)CC2)C1)c1ccc(Cl)cc1. The number of carbonyl (C=O) groups is 1. The van der Waals surface area contributed by atoms with Gasteiger partial charge in [0.1, 0.15) is 5.82 Å². The van der Waals surface area contributed by atoms with Gasteiger partial charge in [0.15, 0.2) is 0 Å². The number of benzene rings is 2. The van der Waals surface area contributed by atoms with Gasteiger partial charge in [0, 0.05) is 33.6 Å². The van der Waals surface area contributed by atoms with Crippen LogP contribution in [0.5, 0.6) is 0 Å². The summed E-state index contributed by atoms with van der Waals surface area (Å²) in [5.74, 6) is 0.226. The highest BCUT2D eigenvalue weighted by molar-refractivity contribution is 6.30. The Balaban J connectivity index is 1.16. The summed E-state index contributed by atoms with van der Waals surface area (Å²) in [6, 6.07) is 16.1. The smallest absolute Gasteiger partial charge is 0.251 e. The number of amides is 1. The molecule has 0 bridgehead atoms. The van der Waals surface area contributed by atoms with Gasteiger partial charge < -0.3 is 5.32 Å². The minimum atomic E-state index is -0.223. The number of fused-ring (bicyclic) bond motifs is 1. The second kappa shape index (κ2) is 7.66. The largest absolute Gasteiger partial charge is 0.349 e. The second-order valence-electron chi connectivity index (χ2n) is 8.93. The van der Waals surface area contributed by atoms with Crippen molar-refractivity contribution in [2.45, 2.75) is 50.5 Å². The maximum absolute atomic E-state index is 13.4. The van der Waals surface area contributed by atoms with Gasteiger partial charge in [-0.1, -0.05) is 17.7 Å². The lowest BCUT2D eigenvalue weighted by atomic mass is 9.56. The van der Waals surface area contributed by atoms with Gasteiger partial charge in [-0.2, -0.15) is 0 Å². The lowest BCUT2D eigenvalue weighted by Crippen LogP contribution is -2.51. The summed E-state index contributed by atoms with van der Waals surface area (Å²) in [4.78, 5) is 17.2. The minimum Gasteiger partial charge on any atom is -0.349 e. The molecule has 1 heterocycles. The van der Waals surface area contributed by atoms with Gasteiger partial charge in [-0.25, -0.2) is 4.39 Å². The molecule has 2 saturated carbocycles. The lowest BCUT2D eigenvalue weighted by Gasteiger charge is -2.51. The van der Waals surface area contributed by atoms with Crippen LogP contribution in [0.4, 0.5) is 4.39 Å². The van der Waals surface area contributed by atoms with Crippen molar-refractivity contribution in [2.75, 3.05) is 0 Å². The van der Waals surface area contributed by atoms with E-state index in [9.17, 15) is 9.18 Å². The molecule has 0 aliphatic heterocycles. The molecule has 0 radical (unpaired) electrons. The van der Waals surface area contributed by atoms with Gasteiger partial charge in [0.05, 0.1) is 5.52 Å². The van der Waals surface area contributed by atoms with E-state index in [0.717, 1.165) is 42.3 Å². The molecule has 0 unspecified atom stereocenters. The predicted octanol–water partition coefficient (Wildman–Crippen LogP) is 6.26. The average molecular weight is 423 g/mol. The van der Waals surface area contributed by atoms with E-state index in [0.29, 0.717) is 21.9 Å². The molecule has 154 valence electrons. The summed E-state index contributed by atoms with van der Waals surface area (Å²) >= 11 is 5.90. The molecular weight excluding hydrogens is 399 g/mol. The number of hydrogen-bond donors (Lipinski definition) is 1. The third-order valence-electron chi connectivity index (χ3n) is 6.94. The normalized spacial score (nSPS) is 25.8. The maximum Gasteiger partial charge on any atom is 0.251 e. The van der Waals surface area contributed by atoms with E-state index >= 15 is 0 Å². The zero-order valence-corrected chi connectivity index (χ0v) is 17.5. The molecule has 2 aromatic carbocycles. The Kier molecular flexibility index (Phi) is 4.98. The van der Waals surface area contributed by atoms with Crippen LogP contribution in [-0.4, -0.2) is 16.9 Å². The van der Waals surface area contributed by atoms with E-state index in [2.05, 4.69) is 11.4 Å². The van der Waals surface area contributed by atoms with Crippen LogP contribution >= 0.6 is 11.6 Å². The first-order valence-corrected chi connectivity index (χ1v) is 11.0. The first-order valence-electron chi connectivity index (χ1n) is 10.6. The topological polar surface area (TPSA) is 42.0 Å². The molecule has 2 aliphatic rings. The first-order chi connectivity index (χ1) is 14.5. The van der Waals surface area contributed by atoms with Crippen LogP contribution in [0.3, 0.4) is 0 Å². The fourth-order valence-electron chi connectivity index (χ4n) is 5.23. The number of hydrogen-bond acceptors (Lipinski definition) is 2. The fourth-order valence-corrected chi connectivity index (χ4v) is 5.36. The van der Waals surface area contributed by atoms with E-state index in [-0.39, 0.29) is 17.8 Å². The molecular formula is C25H24ClFN2O. The lowest BCUT2D eigenvalue weighted by molar-refractivity contribution is 0.0307. The van der Waals surface area contributed by atoms with Gasteiger partial charge in [-0.3, -0.25) is 9.78 Å². The van der Waals surface area contributed by atoms with E-state index < -0.39 is 0 Å². The number of aromatic nitrogens is 1. The highest BCUT2D eigenvalue weighted by atomic mass is 35.5. The summed E-state index contributed by atoms with van der Waals surface area (Å²) in [6.45, 7) is 0. The summed E-state index contributed by atoms with van der Waals surface area (Å²) in [7, 11) is 0. The Hall–Kier alpha value is -2.46. The maximum atomic E-state index is 13.4. The number of nitrogens with zero attached hydrogens (tertiary/aromatic N) is 1. The van der Waals surface area contributed by atoms with Crippen LogP contribution in [0, 0.1) is 11.2 Å². The van der Waals surface area contributed by atoms with Crippen LogP contribution in [0.2, 0.25) is 5.02 Å². The number of carbonyl (C=O) groups excluding carboxylic acids is 1. The molecule has 3 nitrogen and oxygen atoms in total. The van der Waals surface area contributed by atoms with Crippen molar-refractivity contribution >= 4 is 28.4 Å². The molecule has 1 aromatic heterocycles. The van der Waals surface area contributed by atoms with Gasteiger partial charge >= 0.3 is 0 Å². The van der Waals surface area contributed by atoms with Gasteiger partial charge in [0.25, 0.3) is 5.91 Å². The van der Waals surface area contributed by atoms with E-state index in [1.165, 1.54) is 25.0 Å². The predicted molar refractivity (Wildman–Crippen MR) is 117 cm³/mol. The van der Waals surface area contributed by atoms with E-state index in [1.807, 2.05) is 6.07 Å². The van der Waals surface area contributed by atoms with Crippen molar-refractivity contribution in [1.29, 1.82) is 0 Å². The van der Waals surface area contributed by atoms with E-state index in [1.54, 1.807) is 30.3 Å². The summed E-state index contributed by atoms with van der Waals surface area (Å²) in [6.07, 6.45) is 6.71. The number of halogens is 2. The summed E-state index contributed by atoms with van der Waals surface area (Å²) in [5.41, 5.74) is 3.01. The summed E-state index contributed by atoms with van der Waals surface area (Å²) in [5, 5.41) is 4.66. The van der Waals surface area contributed by atoms with Crippen LogP contribution in [0.15, 0.2) is 54.6 Å². The van der Waals surface area contributed by atoms with Crippen molar-refractivity contribution < 1.29 is 9.18 Å². The zero-order valence-electron chi connectivity index (χ0n) is 16.7. The molecule has 1 spiro atoms. The molecule has 1 N–H and O–H groups in total. The third-order valence-corrected chi connectivity index (χ3v) is 7.19. The van der Waals surface area contributed by atoms with Crippen molar-refractivity contribution in [3.8, 4) is 0 Å². The average Bonchev–Trinajstić information content (AvgIpc) is 2.73. The molecule has 0 saturated heterocycles. The van der Waals surface area contributed by atoms with Gasteiger partial charge in [-0.15, -0.1) is 0 Å². The van der Waals surface area contributed by atoms with Crippen molar-refractivity contribution in [3.63, 3.8) is 0 Å². The number of pyridine rings is 1. The quantitative estimate of drug-likeness (QED) is 0.541. The molecule has 3 aromatic rings. The van der Waals surface area contributed by atoms with Crippen LogP contribution in [0.1, 0.15) is 60.5 Å². The molecule has 1 amide bonds. The Bertz CT molecular complexity index is 1080. The Labute approximate surface area is 180 Å².